The van der Waals surface area contributed by atoms with Gasteiger partial charge in [-0.05, 0) is 58.0 Å². The van der Waals surface area contributed by atoms with Crippen LogP contribution in [0.4, 0.5) is 23.2 Å². The standard InChI is InChI=1S/C28H29ClF4N6O3S/c1-16(2)10-22(19-12-20(15-34-14-19)27(40)35-8-9-43(5,41)42)26(39-17(3)11-25(38-39)28(31,32)33)37-18(4)36-21-6-7-24(30)23(29)13-21/h6-7,10-15H,8-9H2,1-5H3,(H,35,40)(H,36,37)/b26-22-. The molecule has 0 aliphatic heterocycles. The van der Waals surface area contributed by atoms with Crippen molar-refractivity contribution < 1.29 is 30.8 Å². The topological polar surface area (TPSA) is 118 Å². The van der Waals surface area contributed by atoms with Gasteiger partial charge >= 0.3 is 6.18 Å². The van der Waals surface area contributed by atoms with Gasteiger partial charge in [-0.15, -0.1) is 0 Å². The number of pyridine rings is 1. The van der Waals surface area contributed by atoms with E-state index in [-0.39, 0.29) is 45.8 Å². The first-order valence-corrected chi connectivity index (χ1v) is 15.1. The predicted molar refractivity (Wildman–Crippen MR) is 159 cm³/mol. The Kier molecular flexibility index (Phi) is 10.5. The fourth-order valence-electron chi connectivity index (χ4n) is 3.75. The maximum Gasteiger partial charge on any atom is 0.435 e. The molecule has 0 aliphatic rings. The van der Waals surface area contributed by atoms with Gasteiger partial charge in [0.1, 0.15) is 21.5 Å². The summed E-state index contributed by atoms with van der Waals surface area (Å²) in [4.78, 5) is 21.5. The molecule has 0 radical (unpaired) electrons. The number of hydrogen-bond acceptors (Lipinski definition) is 6. The van der Waals surface area contributed by atoms with Crippen molar-refractivity contribution >= 4 is 50.3 Å². The second-order valence-electron chi connectivity index (χ2n) is 9.84. The third kappa shape index (κ3) is 9.48. The molecule has 0 saturated carbocycles. The molecule has 230 valence electrons. The fraction of sp³-hybridized carbons (Fsp3) is 0.286. The predicted octanol–water partition coefficient (Wildman–Crippen LogP) is 5.99. The average molecular weight is 641 g/mol. The molecule has 2 aromatic heterocycles. The van der Waals surface area contributed by atoms with Crippen molar-refractivity contribution in [2.24, 2.45) is 4.99 Å². The van der Waals surface area contributed by atoms with Gasteiger partial charge < -0.3 is 10.6 Å². The molecule has 9 nitrogen and oxygen atoms in total. The number of aliphatic imine (C=N–C) groups is 1. The molecule has 1 amide bonds. The minimum Gasteiger partial charge on any atom is -0.351 e. The van der Waals surface area contributed by atoms with Crippen molar-refractivity contribution in [2.75, 3.05) is 23.9 Å². The number of aryl methyl sites for hydroxylation is 1. The van der Waals surface area contributed by atoms with E-state index < -0.39 is 33.4 Å². The number of sulfone groups is 1. The van der Waals surface area contributed by atoms with Crippen LogP contribution in [0.15, 0.2) is 59.4 Å². The molecule has 15 heteroatoms. The summed E-state index contributed by atoms with van der Waals surface area (Å²) in [7, 11) is -3.31. The molecule has 0 saturated heterocycles. The Morgan fingerprint density at radius 3 is 2.37 bits per heavy atom. The number of benzene rings is 1. The molecule has 0 atom stereocenters. The van der Waals surface area contributed by atoms with Crippen molar-refractivity contribution in [3.63, 3.8) is 0 Å². The number of amidine groups is 1. The Hall–Kier alpha value is -4.04. The van der Waals surface area contributed by atoms with Crippen LogP contribution < -0.4 is 10.6 Å². The number of amides is 1. The molecule has 3 rings (SSSR count). The number of allylic oxidation sites excluding steroid dienone is 3. The number of hydrogen-bond donors (Lipinski definition) is 2. The van der Waals surface area contributed by atoms with E-state index in [1.807, 2.05) is 0 Å². The number of carbonyl (C=O) groups is 1. The first-order chi connectivity index (χ1) is 19.9. The minimum atomic E-state index is -4.73. The van der Waals surface area contributed by atoms with Crippen LogP contribution in [0.25, 0.3) is 11.4 Å². The van der Waals surface area contributed by atoms with Gasteiger partial charge in [0, 0.05) is 47.7 Å². The van der Waals surface area contributed by atoms with Crippen LogP contribution >= 0.6 is 11.6 Å². The molecule has 0 aliphatic carbocycles. The summed E-state index contributed by atoms with van der Waals surface area (Å²) >= 11 is 5.89. The lowest BCUT2D eigenvalue weighted by Crippen LogP contribution is -2.28. The summed E-state index contributed by atoms with van der Waals surface area (Å²) in [5.41, 5.74) is 0.764. The molecule has 0 fully saturated rings. The van der Waals surface area contributed by atoms with Crippen LogP contribution in [0.5, 0.6) is 0 Å². The van der Waals surface area contributed by atoms with Crippen LogP contribution in [-0.4, -0.2) is 53.5 Å². The van der Waals surface area contributed by atoms with Crippen LogP contribution in [-0.2, 0) is 16.0 Å². The first kappa shape index (κ1) is 33.5. The van der Waals surface area contributed by atoms with Gasteiger partial charge in [0.2, 0.25) is 0 Å². The summed E-state index contributed by atoms with van der Waals surface area (Å²) in [5, 5.41) is 9.10. The number of alkyl halides is 3. The Bertz CT molecular complexity index is 1730. The molecule has 2 N–H and O–H groups in total. The van der Waals surface area contributed by atoms with Crippen LogP contribution in [0.1, 0.15) is 48.1 Å². The highest BCUT2D eigenvalue weighted by molar-refractivity contribution is 7.90. The van der Waals surface area contributed by atoms with E-state index in [0.29, 0.717) is 11.3 Å². The van der Waals surface area contributed by atoms with Gasteiger partial charge in [-0.1, -0.05) is 23.3 Å². The molecule has 1 aromatic carbocycles. The van der Waals surface area contributed by atoms with Crippen molar-refractivity contribution in [1.82, 2.24) is 20.1 Å². The second-order valence-corrected chi connectivity index (χ2v) is 12.5. The van der Waals surface area contributed by atoms with E-state index in [0.717, 1.165) is 28.6 Å². The Balaban J connectivity index is 2.22. The number of anilines is 1. The summed E-state index contributed by atoms with van der Waals surface area (Å²) < 4.78 is 78.5. The third-order valence-corrected chi connectivity index (χ3v) is 6.88. The highest BCUT2D eigenvalue weighted by Gasteiger charge is 2.35. The smallest absolute Gasteiger partial charge is 0.351 e. The summed E-state index contributed by atoms with van der Waals surface area (Å²) in [5.74, 6) is -1.33. The van der Waals surface area contributed by atoms with Gasteiger partial charge in [0.15, 0.2) is 11.5 Å². The van der Waals surface area contributed by atoms with Gasteiger partial charge in [0.25, 0.3) is 5.91 Å². The SMILES string of the molecule is CC(C)=C/C(=C(\N=C(/C)Nc1ccc(F)c(Cl)c1)n1nc(C(F)(F)F)cc1C)c1cncc(C(=O)NCCS(C)(=O)=O)c1. The maximum atomic E-state index is 13.7. The molecule has 3 aromatic rings. The van der Waals surface area contributed by atoms with Gasteiger partial charge in [-0.2, -0.15) is 18.3 Å². The van der Waals surface area contributed by atoms with E-state index in [1.165, 1.54) is 37.5 Å². The Labute approximate surface area is 251 Å². The zero-order valence-electron chi connectivity index (χ0n) is 23.8. The third-order valence-electron chi connectivity index (χ3n) is 5.64. The highest BCUT2D eigenvalue weighted by atomic mass is 35.5. The Morgan fingerprint density at radius 1 is 1.12 bits per heavy atom. The molecule has 0 spiro atoms. The average Bonchev–Trinajstić information content (AvgIpc) is 3.29. The molecular weight excluding hydrogens is 612 g/mol. The number of halogens is 5. The van der Waals surface area contributed by atoms with Crippen LogP contribution in [0.2, 0.25) is 5.02 Å². The largest absolute Gasteiger partial charge is 0.435 e. The number of nitrogens with one attached hydrogen (secondary N) is 2. The monoisotopic (exact) mass is 640 g/mol. The van der Waals surface area contributed by atoms with E-state index in [1.54, 1.807) is 26.8 Å². The minimum absolute atomic E-state index is 0.0381. The molecule has 0 unspecified atom stereocenters. The normalized spacial score (nSPS) is 12.9. The van der Waals surface area contributed by atoms with E-state index in [4.69, 9.17) is 11.6 Å². The van der Waals surface area contributed by atoms with E-state index >= 15 is 0 Å². The summed E-state index contributed by atoms with van der Waals surface area (Å²) in [6.45, 7) is 6.38. The van der Waals surface area contributed by atoms with Gasteiger partial charge in [0.05, 0.1) is 16.3 Å². The van der Waals surface area contributed by atoms with Gasteiger partial charge in [-0.25, -0.2) is 22.5 Å². The zero-order chi connectivity index (χ0) is 32.1. The number of nitrogens with zero attached hydrogens (tertiary/aromatic N) is 4. The molecular formula is C28H29ClF4N6O3S. The van der Waals surface area contributed by atoms with E-state index in [2.05, 4.69) is 25.7 Å². The quantitative estimate of drug-likeness (QED) is 0.128. The number of aromatic nitrogens is 3. The zero-order valence-corrected chi connectivity index (χ0v) is 25.4. The first-order valence-electron chi connectivity index (χ1n) is 12.7. The maximum absolute atomic E-state index is 13.7. The van der Waals surface area contributed by atoms with Crippen molar-refractivity contribution in [2.45, 2.75) is 33.9 Å². The lowest BCUT2D eigenvalue weighted by Gasteiger charge is -2.15. The lowest BCUT2D eigenvalue weighted by molar-refractivity contribution is -0.141. The van der Waals surface area contributed by atoms with Crippen molar-refractivity contribution in [3.8, 4) is 0 Å². The van der Waals surface area contributed by atoms with Crippen LogP contribution in [0, 0.1) is 12.7 Å². The molecule has 0 bridgehead atoms. The summed E-state index contributed by atoms with van der Waals surface area (Å²) in [6, 6.07) is 6.22. The number of rotatable bonds is 9. The lowest BCUT2D eigenvalue weighted by atomic mass is 10.0. The molecule has 43 heavy (non-hydrogen) atoms. The fourth-order valence-corrected chi connectivity index (χ4v) is 4.40. The molecule has 2 heterocycles. The van der Waals surface area contributed by atoms with Crippen molar-refractivity contribution in [3.05, 3.63) is 87.7 Å². The Morgan fingerprint density at radius 2 is 1.79 bits per heavy atom. The summed E-state index contributed by atoms with van der Waals surface area (Å²) in [6.07, 6.45) is 0.642. The van der Waals surface area contributed by atoms with Crippen LogP contribution in [0.3, 0.4) is 0 Å². The van der Waals surface area contributed by atoms with Gasteiger partial charge in [-0.3, -0.25) is 9.78 Å². The van der Waals surface area contributed by atoms with E-state index in [9.17, 15) is 30.8 Å². The number of carbonyl (C=O) groups excluding carboxylic acids is 1. The second kappa shape index (κ2) is 13.5. The van der Waals surface area contributed by atoms with Crippen molar-refractivity contribution in [1.29, 1.82) is 0 Å². The highest BCUT2D eigenvalue weighted by Crippen LogP contribution is 2.32.